The summed E-state index contributed by atoms with van der Waals surface area (Å²) in [6.07, 6.45) is 4.28. The maximum absolute atomic E-state index is 14.8. The SMILES string of the molecule is Cc1c(-c2ncco2)sc2c1c(=O)n(C1(C(=O)OC(C)(C)C)CC1)c(=O)n2C[C@H](OC1C[C@H]2CC[C@@H](C1)O2)c1cc(F)ccc1OC(F)F. The van der Waals surface area contributed by atoms with E-state index in [4.69, 9.17) is 23.4 Å². The lowest BCUT2D eigenvalue weighted by molar-refractivity contribution is -0.161. The van der Waals surface area contributed by atoms with E-state index in [1.807, 2.05) is 0 Å². The molecule has 1 aromatic carbocycles. The van der Waals surface area contributed by atoms with E-state index in [0.29, 0.717) is 23.3 Å². The van der Waals surface area contributed by atoms with Gasteiger partial charge in [-0.05, 0) is 90.0 Å². The minimum Gasteiger partial charge on any atom is -0.458 e. The van der Waals surface area contributed by atoms with Crippen molar-refractivity contribution >= 4 is 27.5 Å². The third kappa shape index (κ3) is 6.32. The molecule has 4 aromatic rings. The van der Waals surface area contributed by atoms with Crippen LogP contribution in [0.1, 0.15) is 76.5 Å². The molecule has 3 aliphatic rings. The van der Waals surface area contributed by atoms with Crippen LogP contribution in [0.25, 0.3) is 21.0 Å². The van der Waals surface area contributed by atoms with Crippen LogP contribution in [0.5, 0.6) is 5.75 Å². The summed E-state index contributed by atoms with van der Waals surface area (Å²) in [5.41, 5.74) is -3.51. The molecule has 1 unspecified atom stereocenters. The number of hydrogen-bond acceptors (Lipinski definition) is 10. The number of nitrogens with zero attached hydrogens (tertiary/aromatic N) is 3. The summed E-state index contributed by atoms with van der Waals surface area (Å²) in [6.45, 7) is 3.23. The number of carbonyl (C=O) groups excluding carboxylic acids is 1. The molecule has 4 atom stereocenters. The van der Waals surface area contributed by atoms with Crippen LogP contribution in [0.2, 0.25) is 0 Å². The molecule has 7 rings (SSSR count). The van der Waals surface area contributed by atoms with Crippen molar-refractivity contribution in [2.24, 2.45) is 0 Å². The van der Waals surface area contributed by atoms with Gasteiger partial charge in [-0.2, -0.15) is 8.78 Å². The van der Waals surface area contributed by atoms with Crippen molar-refractivity contribution in [3.8, 4) is 16.5 Å². The number of fused-ring (bicyclic) bond motifs is 3. The van der Waals surface area contributed by atoms with E-state index >= 15 is 0 Å². The highest BCUT2D eigenvalue weighted by atomic mass is 32.1. The van der Waals surface area contributed by atoms with Gasteiger partial charge in [0.25, 0.3) is 5.56 Å². The second kappa shape index (κ2) is 12.4. The Morgan fingerprint density at radius 2 is 1.88 bits per heavy atom. The Hall–Kier alpha value is -3.95. The van der Waals surface area contributed by atoms with E-state index in [9.17, 15) is 27.6 Å². The molecule has 2 bridgehead atoms. The minimum atomic E-state index is -3.22. The maximum Gasteiger partial charge on any atom is 0.387 e. The molecule has 1 aliphatic carbocycles. The molecule has 1 saturated carbocycles. The Balaban J connectivity index is 1.42. The van der Waals surface area contributed by atoms with Crippen LogP contribution < -0.4 is 16.0 Å². The first kappa shape index (κ1) is 33.5. The first-order valence-corrected chi connectivity index (χ1v) is 17.0. The van der Waals surface area contributed by atoms with Crippen molar-refractivity contribution in [1.29, 1.82) is 0 Å². The molecule has 0 radical (unpaired) electrons. The van der Waals surface area contributed by atoms with Gasteiger partial charge in [0.15, 0.2) is 5.54 Å². The molecule has 2 saturated heterocycles. The number of alkyl halides is 2. The minimum absolute atomic E-state index is 0.0357. The van der Waals surface area contributed by atoms with Gasteiger partial charge in [0.05, 0.1) is 41.3 Å². The largest absolute Gasteiger partial charge is 0.458 e. The molecule has 0 N–H and O–H groups in total. The highest BCUT2D eigenvalue weighted by Gasteiger charge is 2.56. The first-order chi connectivity index (χ1) is 23.2. The van der Waals surface area contributed by atoms with Gasteiger partial charge >= 0.3 is 18.3 Å². The molecule has 15 heteroatoms. The van der Waals surface area contributed by atoms with Crippen LogP contribution in [-0.2, 0) is 31.1 Å². The maximum atomic E-state index is 14.8. The average Bonchev–Trinajstić information content (AvgIpc) is 3.30. The van der Waals surface area contributed by atoms with Crippen LogP contribution in [-0.4, -0.2) is 50.6 Å². The number of rotatable bonds is 10. The van der Waals surface area contributed by atoms with Gasteiger partial charge in [-0.3, -0.25) is 9.36 Å². The van der Waals surface area contributed by atoms with E-state index < -0.39 is 53.0 Å². The lowest BCUT2D eigenvalue weighted by Gasteiger charge is -2.32. The third-order valence-electron chi connectivity index (χ3n) is 9.26. The van der Waals surface area contributed by atoms with Crippen LogP contribution >= 0.6 is 11.3 Å². The molecule has 2 aliphatic heterocycles. The standard InChI is InChI=1S/C34H36F3N3O8S/c1-17-25-28(41)40(34(9-10-34)30(42)48-33(2,3)4)32(43)39(29(25)49-26(17)27-38-11-12-44-27)16-24(46-21-14-19-6-7-20(15-21)45-19)22-13-18(35)5-8-23(22)47-31(36)37/h5,8,11-13,19-21,24,31H,6-7,9-10,14-16H2,1-4H3/t19-,20+,21?,24-/m0/s1. The van der Waals surface area contributed by atoms with Gasteiger partial charge in [-0.1, -0.05) is 0 Å². The summed E-state index contributed by atoms with van der Waals surface area (Å²) in [4.78, 5) is 47.5. The normalized spacial score (nSPS) is 22.1. The van der Waals surface area contributed by atoms with Crippen LogP contribution in [0, 0.1) is 12.7 Å². The van der Waals surface area contributed by atoms with Crippen LogP contribution in [0.4, 0.5) is 13.2 Å². The first-order valence-electron chi connectivity index (χ1n) is 16.2. The second-order valence-corrected chi connectivity index (χ2v) is 14.9. The zero-order valence-corrected chi connectivity index (χ0v) is 28.2. The number of aryl methyl sites for hydroxylation is 1. The number of esters is 1. The fraction of sp³-hybridized carbons (Fsp3) is 0.529. The summed E-state index contributed by atoms with van der Waals surface area (Å²) in [6, 6.07) is 3.15. The number of oxazole rings is 1. The molecular weight excluding hydrogens is 667 g/mol. The monoisotopic (exact) mass is 703 g/mol. The molecule has 5 heterocycles. The Bertz CT molecular complexity index is 2000. The summed E-state index contributed by atoms with van der Waals surface area (Å²) < 4.78 is 72.9. The summed E-state index contributed by atoms with van der Waals surface area (Å²) in [7, 11) is 0. The Kier molecular flexibility index (Phi) is 8.51. The van der Waals surface area contributed by atoms with E-state index in [-0.39, 0.29) is 59.0 Å². The van der Waals surface area contributed by atoms with Crippen LogP contribution in [0.15, 0.2) is 44.7 Å². The molecule has 49 heavy (non-hydrogen) atoms. The van der Waals surface area contributed by atoms with Gasteiger partial charge in [-0.25, -0.2) is 23.5 Å². The van der Waals surface area contributed by atoms with Gasteiger partial charge in [-0.15, -0.1) is 11.3 Å². The predicted octanol–water partition coefficient (Wildman–Crippen LogP) is 6.23. The third-order valence-corrected chi connectivity index (χ3v) is 10.6. The van der Waals surface area contributed by atoms with E-state index in [2.05, 4.69) is 4.98 Å². The number of carbonyl (C=O) groups is 1. The highest BCUT2D eigenvalue weighted by Crippen LogP contribution is 2.45. The lowest BCUT2D eigenvalue weighted by atomic mass is 10.0. The van der Waals surface area contributed by atoms with Crippen molar-refractivity contribution in [3.05, 3.63) is 68.4 Å². The summed E-state index contributed by atoms with van der Waals surface area (Å²) in [5.74, 6) is -1.53. The average molecular weight is 704 g/mol. The Morgan fingerprint density at radius 3 is 2.49 bits per heavy atom. The molecular formula is C34H36F3N3O8S. The zero-order valence-electron chi connectivity index (χ0n) is 27.4. The van der Waals surface area contributed by atoms with E-state index in [1.165, 1.54) is 17.0 Å². The Morgan fingerprint density at radius 1 is 1.16 bits per heavy atom. The predicted molar refractivity (Wildman–Crippen MR) is 171 cm³/mol. The van der Waals surface area contributed by atoms with Crippen molar-refractivity contribution in [2.75, 3.05) is 0 Å². The summed E-state index contributed by atoms with van der Waals surface area (Å²) >= 11 is 1.08. The van der Waals surface area contributed by atoms with Gasteiger partial charge in [0.1, 0.15) is 34.4 Å². The molecule has 0 spiro atoms. The molecule has 11 nitrogen and oxygen atoms in total. The topological polar surface area (TPSA) is 124 Å². The van der Waals surface area contributed by atoms with Crippen LogP contribution in [0.3, 0.4) is 0 Å². The number of halogens is 3. The molecule has 3 fully saturated rings. The lowest BCUT2D eigenvalue weighted by Crippen LogP contribution is -2.50. The number of thiophene rings is 1. The smallest absolute Gasteiger partial charge is 0.387 e. The van der Waals surface area contributed by atoms with E-state index in [1.54, 1.807) is 27.7 Å². The number of benzene rings is 1. The fourth-order valence-electron chi connectivity index (χ4n) is 6.94. The number of ether oxygens (including phenoxy) is 4. The van der Waals surface area contributed by atoms with Crippen molar-refractivity contribution < 1.29 is 41.3 Å². The quantitative estimate of drug-likeness (QED) is 0.177. The van der Waals surface area contributed by atoms with Gasteiger partial charge in [0.2, 0.25) is 5.89 Å². The molecule has 0 amide bonds. The zero-order chi connectivity index (χ0) is 34.8. The Labute approximate surface area is 282 Å². The van der Waals surface area contributed by atoms with Crippen molar-refractivity contribution in [3.63, 3.8) is 0 Å². The van der Waals surface area contributed by atoms with Crippen molar-refractivity contribution in [2.45, 2.75) is 115 Å². The molecule has 262 valence electrons. The van der Waals surface area contributed by atoms with Crippen molar-refractivity contribution in [1.82, 2.24) is 14.1 Å². The number of aromatic nitrogens is 3. The fourth-order valence-corrected chi connectivity index (χ4v) is 8.18. The highest BCUT2D eigenvalue weighted by molar-refractivity contribution is 7.22. The van der Waals surface area contributed by atoms with Gasteiger partial charge < -0.3 is 23.4 Å². The molecule has 3 aromatic heterocycles. The van der Waals surface area contributed by atoms with Gasteiger partial charge in [0, 0.05) is 5.56 Å². The second-order valence-electron chi connectivity index (χ2n) is 13.9. The number of hydrogen-bond donors (Lipinski definition) is 0. The van der Waals surface area contributed by atoms with E-state index in [0.717, 1.165) is 46.9 Å². The summed E-state index contributed by atoms with van der Waals surface area (Å²) in [5, 5.41) is 0.152.